The topological polar surface area (TPSA) is 43.4 Å². The van der Waals surface area contributed by atoms with Gasteiger partial charge in [0.05, 0.1) is 7.11 Å². The van der Waals surface area contributed by atoms with Crippen molar-refractivity contribution in [2.24, 2.45) is 28.6 Å². The number of rotatable bonds is 1. The van der Waals surface area contributed by atoms with Crippen LogP contribution in [-0.4, -0.2) is 18.7 Å². The van der Waals surface area contributed by atoms with Gasteiger partial charge in [-0.15, -0.1) is 0 Å². The molecule has 0 aromatic carbocycles. The fourth-order valence-corrected chi connectivity index (χ4v) is 6.20. The normalized spacial score (nSPS) is 45.6. The van der Waals surface area contributed by atoms with Gasteiger partial charge in [-0.2, -0.15) is 0 Å². The number of methoxy groups -OCH3 is 1. The summed E-state index contributed by atoms with van der Waals surface area (Å²) in [6.45, 7) is 4.61. The molecule has 0 aromatic heterocycles. The minimum atomic E-state index is -0.0743. The van der Waals surface area contributed by atoms with Crippen molar-refractivity contribution in [3.05, 3.63) is 23.5 Å². The number of ether oxygens (including phenoxy) is 1. The highest BCUT2D eigenvalue weighted by molar-refractivity contribution is 6.04. The molecule has 0 radical (unpaired) electrons. The van der Waals surface area contributed by atoms with Crippen LogP contribution in [0.25, 0.3) is 0 Å². The zero-order valence-corrected chi connectivity index (χ0v) is 14.4. The smallest absolute Gasteiger partial charge is 0.220 e. The molecular formula is C20H26O3. The minimum Gasteiger partial charge on any atom is -0.493 e. The Morgan fingerprint density at radius 3 is 2.70 bits per heavy atom. The molecule has 0 spiro atoms. The maximum atomic E-state index is 12.1. The zero-order chi connectivity index (χ0) is 16.4. The third kappa shape index (κ3) is 2.01. The summed E-state index contributed by atoms with van der Waals surface area (Å²) in [7, 11) is 1.58. The van der Waals surface area contributed by atoms with Gasteiger partial charge >= 0.3 is 0 Å². The van der Waals surface area contributed by atoms with E-state index in [1.165, 1.54) is 5.57 Å². The first-order chi connectivity index (χ1) is 10.9. The number of Topliss-reactive ketones (excluding diaryl/α,β-unsaturated/α-hetero) is 1. The van der Waals surface area contributed by atoms with E-state index in [-0.39, 0.29) is 16.6 Å². The zero-order valence-electron chi connectivity index (χ0n) is 14.4. The maximum Gasteiger partial charge on any atom is 0.220 e. The minimum absolute atomic E-state index is 0.00937. The quantitative estimate of drug-likeness (QED) is 0.738. The largest absolute Gasteiger partial charge is 0.493 e. The van der Waals surface area contributed by atoms with Gasteiger partial charge in [0.25, 0.3) is 0 Å². The highest BCUT2D eigenvalue weighted by atomic mass is 16.5. The summed E-state index contributed by atoms with van der Waals surface area (Å²) in [5.74, 6) is 2.62. The molecule has 4 rings (SSSR count). The molecule has 4 aliphatic rings. The van der Waals surface area contributed by atoms with Gasteiger partial charge < -0.3 is 4.74 Å². The molecule has 0 heterocycles. The summed E-state index contributed by atoms with van der Waals surface area (Å²) in [6, 6.07) is 0. The molecule has 0 aromatic rings. The molecule has 3 heteroatoms. The van der Waals surface area contributed by atoms with Crippen LogP contribution in [0.4, 0.5) is 0 Å². The first-order valence-electron chi connectivity index (χ1n) is 8.91. The number of carbonyl (C=O) groups is 2. The molecule has 3 saturated carbocycles. The summed E-state index contributed by atoms with van der Waals surface area (Å²) >= 11 is 0. The van der Waals surface area contributed by atoms with Crippen molar-refractivity contribution in [2.45, 2.75) is 52.4 Å². The van der Waals surface area contributed by atoms with E-state index in [1.54, 1.807) is 7.11 Å². The highest BCUT2D eigenvalue weighted by Gasteiger charge is 2.57. The highest BCUT2D eigenvalue weighted by Crippen LogP contribution is 2.64. The van der Waals surface area contributed by atoms with Crippen LogP contribution in [0.15, 0.2) is 23.5 Å². The Morgan fingerprint density at radius 2 is 1.96 bits per heavy atom. The van der Waals surface area contributed by atoms with Crippen LogP contribution in [-0.2, 0) is 14.3 Å². The maximum absolute atomic E-state index is 12.1. The van der Waals surface area contributed by atoms with E-state index in [1.807, 2.05) is 6.08 Å². The van der Waals surface area contributed by atoms with Gasteiger partial charge in [-0.25, -0.2) is 0 Å². The van der Waals surface area contributed by atoms with Crippen molar-refractivity contribution < 1.29 is 14.3 Å². The Balaban J connectivity index is 1.73. The van der Waals surface area contributed by atoms with Crippen LogP contribution in [0.1, 0.15) is 52.4 Å². The molecular weight excluding hydrogens is 288 g/mol. The predicted molar refractivity (Wildman–Crippen MR) is 87.6 cm³/mol. The van der Waals surface area contributed by atoms with Crippen molar-refractivity contribution in [3.63, 3.8) is 0 Å². The van der Waals surface area contributed by atoms with E-state index in [9.17, 15) is 9.59 Å². The summed E-state index contributed by atoms with van der Waals surface area (Å²) in [6.07, 6.45) is 9.85. The van der Waals surface area contributed by atoms with Crippen molar-refractivity contribution in [1.82, 2.24) is 0 Å². The van der Waals surface area contributed by atoms with Crippen LogP contribution >= 0.6 is 0 Å². The lowest BCUT2D eigenvalue weighted by Gasteiger charge is -2.55. The van der Waals surface area contributed by atoms with Gasteiger partial charge in [0.2, 0.25) is 5.78 Å². The number of allylic oxidation sites excluding steroid dienone is 3. The Kier molecular flexibility index (Phi) is 3.17. The standard InChI is InChI=1S/C20H26O3/c1-19-7-6-15-14(16(19)9-13(21)10-19)5-4-12-8-17(22)18(23-3)11-20(12,15)2/h8,11,14-16H,4-7,9-10H2,1-3H3/t14-,15+,16+,19-,20+/m1/s1. The number of hydrogen-bond donors (Lipinski definition) is 0. The van der Waals surface area contributed by atoms with Gasteiger partial charge in [-0.3, -0.25) is 9.59 Å². The van der Waals surface area contributed by atoms with Gasteiger partial charge in [-0.1, -0.05) is 19.4 Å². The number of fused-ring (bicyclic) bond motifs is 5. The Hall–Kier alpha value is -1.38. The predicted octanol–water partition coefficient (Wildman–Crippen LogP) is 3.84. The first-order valence-corrected chi connectivity index (χ1v) is 8.91. The van der Waals surface area contributed by atoms with E-state index < -0.39 is 0 Å². The van der Waals surface area contributed by atoms with Crippen LogP contribution in [0.2, 0.25) is 0 Å². The fraction of sp³-hybridized carbons (Fsp3) is 0.700. The second-order valence-electron chi connectivity index (χ2n) is 8.56. The summed E-state index contributed by atoms with van der Waals surface area (Å²) in [4.78, 5) is 24.2. The molecule has 0 unspecified atom stereocenters. The molecule has 3 nitrogen and oxygen atoms in total. The van der Waals surface area contributed by atoms with Crippen molar-refractivity contribution in [2.75, 3.05) is 7.11 Å². The molecule has 0 N–H and O–H groups in total. The molecule has 3 fully saturated rings. The molecule has 124 valence electrons. The fourth-order valence-electron chi connectivity index (χ4n) is 6.20. The van der Waals surface area contributed by atoms with Gasteiger partial charge in [-0.05, 0) is 61.0 Å². The van der Waals surface area contributed by atoms with Crippen LogP contribution in [0, 0.1) is 28.6 Å². The number of carbonyl (C=O) groups excluding carboxylic acids is 2. The molecule has 23 heavy (non-hydrogen) atoms. The van der Waals surface area contributed by atoms with E-state index in [0.29, 0.717) is 29.3 Å². The molecule has 0 bridgehead atoms. The average molecular weight is 314 g/mol. The Morgan fingerprint density at radius 1 is 1.17 bits per heavy atom. The van der Waals surface area contributed by atoms with Gasteiger partial charge in [0.15, 0.2) is 5.76 Å². The van der Waals surface area contributed by atoms with Gasteiger partial charge in [0.1, 0.15) is 5.78 Å². The number of hydrogen-bond acceptors (Lipinski definition) is 3. The second kappa shape index (κ2) is 4.81. The van der Waals surface area contributed by atoms with E-state index in [0.717, 1.165) is 38.5 Å². The summed E-state index contributed by atoms with van der Waals surface area (Å²) in [5, 5.41) is 0. The Labute approximate surface area is 138 Å². The summed E-state index contributed by atoms with van der Waals surface area (Å²) in [5.41, 5.74) is 1.42. The first kappa shape index (κ1) is 15.2. The van der Waals surface area contributed by atoms with E-state index >= 15 is 0 Å². The Bertz CT molecular complexity index is 643. The van der Waals surface area contributed by atoms with Gasteiger partial charge in [0, 0.05) is 18.3 Å². The lowest BCUT2D eigenvalue weighted by molar-refractivity contribution is -0.118. The average Bonchev–Trinajstić information content (AvgIpc) is 2.81. The second-order valence-corrected chi connectivity index (χ2v) is 8.56. The SMILES string of the molecule is COC1=C[C@@]2(C)C(=CC1=O)CC[C@H]1[C@@H]3CC(=O)C[C@@]3(C)CC[C@@H]12. The molecule has 0 amide bonds. The van der Waals surface area contributed by atoms with Crippen molar-refractivity contribution in [3.8, 4) is 0 Å². The van der Waals surface area contributed by atoms with Crippen LogP contribution < -0.4 is 0 Å². The molecule has 4 aliphatic carbocycles. The van der Waals surface area contributed by atoms with E-state index in [4.69, 9.17) is 4.74 Å². The third-order valence-corrected chi connectivity index (χ3v) is 7.41. The summed E-state index contributed by atoms with van der Waals surface area (Å²) < 4.78 is 5.33. The lowest BCUT2D eigenvalue weighted by atomic mass is 9.48. The molecule has 5 atom stereocenters. The number of ketones is 2. The van der Waals surface area contributed by atoms with E-state index in [2.05, 4.69) is 19.9 Å². The molecule has 0 saturated heterocycles. The molecule has 0 aliphatic heterocycles. The van der Waals surface area contributed by atoms with Crippen molar-refractivity contribution in [1.29, 1.82) is 0 Å². The van der Waals surface area contributed by atoms with Crippen LogP contribution in [0.5, 0.6) is 0 Å². The lowest BCUT2D eigenvalue weighted by Crippen LogP contribution is -2.48. The van der Waals surface area contributed by atoms with Crippen LogP contribution in [0.3, 0.4) is 0 Å². The third-order valence-electron chi connectivity index (χ3n) is 7.41. The van der Waals surface area contributed by atoms with Crippen molar-refractivity contribution >= 4 is 11.6 Å². The monoisotopic (exact) mass is 314 g/mol.